The fraction of sp³-hybridized carbons (Fsp3) is 0.588. The second kappa shape index (κ2) is 9.40. The molecule has 0 fully saturated rings. The number of carbonyl (C=O) groups is 1. The summed E-state index contributed by atoms with van der Waals surface area (Å²) in [5.74, 6) is 0.662. The van der Waals surface area contributed by atoms with Gasteiger partial charge in [-0.3, -0.25) is 4.79 Å². The molecule has 1 unspecified atom stereocenters. The summed E-state index contributed by atoms with van der Waals surface area (Å²) in [7, 11) is 0. The van der Waals surface area contributed by atoms with Crippen LogP contribution in [0.15, 0.2) is 24.3 Å². The first-order chi connectivity index (χ1) is 10.0. The number of benzene rings is 1. The maximum Gasteiger partial charge on any atom is 0.260 e. The van der Waals surface area contributed by atoms with Gasteiger partial charge in [0.15, 0.2) is 6.10 Å². The SMILES string of the molecule is CCCCNC(=O)C(C)Oc1ccc(CNC(C)C)cc1. The molecule has 0 heterocycles. The minimum atomic E-state index is -0.471. The van der Waals surface area contributed by atoms with E-state index in [2.05, 4.69) is 31.4 Å². The molecular weight excluding hydrogens is 264 g/mol. The van der Waals surface area contributed by atoms with E-state index in [1.165, 1.54) is 5.56 Å². The van der Waals surface area contributed by atoms with Gasteiger partial charge in [0.1, 0.15) is 5.75 Å². The predicted molar refractivity (Wildman–Crippen MR) is 86.4 cm³/mol. The van der Waals surface area contributed by atoms with E-state index in [-0.39, 0.29) is 5.91 Å². The van der Waals surface area contributed by atoms with E-state index in [0.717, 1.165) is 25.1 Å². The molecule has 1 aromatic rings. The fourth-order valence-electron chi connectivity index (χ4n) is 1.80. The smallest absolute Gasteiger partial charge is 0.260 e. The van der Waals surface area contributed by atoms with Crippen molar-refractivity contribution in [2.75, 3.05) is 6.54 Å². The number of hydrogen-bond acceptors (Lipinski definition) is 3. The summed E-state index contributed by atoms with van der Waals surface area (Å²) < 4.78 is 5.65. The van der Waals surface area contributed by atoms with E-state index < -0.39 is 6.10 Å². The van der Waals surface area contributed by atoms with Gasteiger partial charge in [-0.2, -0.15) is 0 Å². The lowest BCUT2D eigenvalue weighted by atomic mass is 10.2. The number of nitrogens with one attached hydrogen (secondary N) is 2. The topological polar surface area (TPSA) is 50.4 Å². The summed E-state index contributed by atoms with van der Waals surface area (Å²) in [6.07, 6.45) is 1.60. The Morgan fingerprint density at radius 1 is 1.19 bits per heavy atom. The average molecular weight is 292 g/mol. The molecule has 1 rings (SSSR count). The molecule has 21 heavy (non-hydrogen) atoms. The zero-order chi connectivity index (χ0) is 15.7. The Labute approximate surface area is 128 Å². The van der Waals surface area contributed by atoms with Crippen LogP contribution in [0.4, 0.5) is 0 Å². The second-order valence-corrected chi connectivity index (χ2v) is 5.58. The lowest BCUT2D eigenvalue weighted by Gasteiger charge is -2.15. The van der Waals surface area contributed by atoms with Crippen molar-refractivity contribution in [2.24, 2.45) is 0 Å². The van der Waals surface area contributed by atoms with Crippen LogP contribution >= 0.6 is 0 Å². The largest absolute Gasteiger partial charge is 0.481 e. The molecule has 0 aromatic heterocycles. The highest BCUT2D eigenvalue weighted by Crippen LogP contribution is 2.14. The van der Waals surface area contributed by atoms with Crippen molar-refractivity contribution in [3.63, 3.8) is 0 Å². The van der Waals surface area contributed by atoms with Gasteiger partial charge in [0.2, 0.25) is 0 Å². The lowest BCUT2D eigenvalue weighted by Crippen LogP contribution is -2.36. The third-order valence-corrected chi connectivity index (χ3v) is 3.15. The Kier molecular flexibility index (Phi) is 7.83. The monoisotopic (exact) mass is 292 g/mol. The Balaban J connectivity index is 2.41. The molecule has 0 saturated carbocycles. The Morgan fingerprint density at radius 3 is 2.43 bits per heavy atom. The molecule has 118 valence electrons. The number of hydrogen-bond donors (Lipinski definition) is 2. The van der Waals surface area contributed by atoms with Crippen LogP contribution in [0, 0.1) is 0 Å². The number of amides is 1. The highest BCUT2D eigenvalue weighted by molar-refractivity contribution is 5.80. The van der Waals surface area contributed by atoms with Crippen molar-refractivity contribution in [3.05, 3.63) is 29.8 Å². The van der Waals surface area contributed by atoms with Crippen molar-refractivity contribution < 1.29 is 9.53 Å². The highest BCUT2D eigenvalue weighted by Gasteiger charge is 2.13. The van der Waals surface area contributed by atoms with Gasteiger partial charge in [0, 0.05) is 19.1 Å². The van der Waals surface area contributed by atoms with E-state index in [4.69, 9.17) is 4.74 Å². The van der Waals surface area contributed by atoms with Gasteiger partial charge in [-0.15, -0.1) is 0 Å². The standard InChI is InChI=1S/C17H28N2O2/c1-5-6-11-18-17(20)14(4)21-16-9-7-15(8-10-16)12-19-13(2)3/h7-10,13-14,19H,5-6,11-12H2,1-4H3,(H,18,20). The van der Waals surface area contributed by atoms with Crippen LogP contribution in [0.5, 0.6) is 5.75 Å². The van der Waals surface area contributed by atoms with E-state index in [1.54, 1.807) is 6.92 Å². The summed E-state index contributed by atoms with van der Waals surface area (Å²) in [5.41, 5.74) is 1.20. The first-order valence-electron chi connectivity index (χ1n) is 7.79. The van der Waals surface area contributed by atoms with Crippen molar-refractivity contribution in [3.8, 4) is 5.75 Å². The molecule has 0 spiro atoms. The molecule has 0 aliphatic carbocycles. The normalized spacial score (nSPS) is 12.2. The van der Waals surface area contributed by atoms with E-state index in [1.807, 2.05) is 24.3 Å². The number of rotatable bonds is 9. The Morgan fingerprint density at radius 2 is 1.86 bits per heavy atom. The van der Waals surface area contributed by atoms with Gasteiger partial charge in [-0.1, -0.05) is 39.3 Å². The van der Waals surface area contributed by atoms with Gasteiger partial charge < -0.3 is 15.4 Å². The van der Waals surface area contributed by atoms with Gasteiger partial charge in [0.25, 0.3) is 5.91 Å². The van der Waals surface area contributed by atoms with E-state index >= 15 is 0 Å². The zero-order valence-electron chi connectivity index (χ0n) is 13.6. The van der Waals surface area contributed by atoms with Crippen molar-refractivity contribution in [2.45, 2.75) is 59.2 Å². The van der Waals surface area contributed by atoms with E-state index in [0.29, 0.717) is 12.6 Å². The van der Waals surface area contributed by atoms with Crippen molar-refractivity contribution in [1.82, 2.24) is 10.6 Å². The predicted octanol–water partition coefficient (Wildman–Crippen LogP) is 2.87. The first-order valence-corrected chi connectivity index (χ1v) is 7.79. The third-order valence-electron chi connectivity index (χ3n) is 3.15. The molecule has 4 nitrogen and oxygen atoms in total. The zero-order valence-corrected chi connectivity index (χ0v) is 13.6. The van der Waals surface area contributed by atoms with Crippen LogP contribution < -0.4 is 15.4 Å². The molecule has 0 aliphatic rings. The number of unbranched alkanes of at least 4 members (excludes halogenated alkanes) is 1. The maximum absolute atomic E-state index is 11.8. The maximum atomic E-state index is 11.8. The summed E-state index contributed by atoms with van der Waals surface area (Å²) in [6, 6.07) is 8.33. The number of carbonyl (C=O) groups excluding carboxylic acids is 1. The van der Waals surface area contributed by atoms with Crippen molar-refractivity contribution >= 4 is 5.91 Å². The molecule has 1 aromatic carbocycles. The second-order valence-electron chi connectivity index (χ2n) is 5.58. The molecule has 0 aliphatic heterocycles. The summed E-state index contributed by atoms with van der Waals surface area (Å²) >= 11 is 0. The number of ether oxygens (including phenoxy) is 1. The van der Waals surface area contributed by atoms with Gasteiger partial charge >= 0.3 is 0 Å². The van der Waals surface area contributed by atoms with Gasteiger partial charge in [0.05, 0.1) is 0 Å². The molecule has 1 amide bonds. The summed E-state index contributed by atoms with van der Waals surface area (Å²) in [4.78, 5) is 11.8. The van der Waals surface area contributed by atoms with Gasteiger partial charge in [-0.25, -0.2) is 0 Å². The fourth-order valence-corrected chi connectivity index (χ4v) is 1.80. The quantitative estimate of drug-likeness (QED) is 0.688. The third kappa shape index (κ3) is 7.14. The molecule has 2 N–H and O–H groups in total. The van der Waals surface area contributed by atoms with Crippen LogP contribution in [-0.4, -0.2) is 24.6 Å². The molecule has 0 radical (unpaired) electrons. The van der Waals surface area contributed by atoms with Crippen LogP contribution in [0.3, 0.4) is 0 Å². The van der Waals surface area contributed by atoms with Crippen LogP contribution in [0.2, 0.25) is 0 Å². The van der Waals surface area contributed by atoms with Gasteiger partial charge in [-0.05, 0) is 31.0 Å². The van der Waals surface area contributed by atoms with Crippen LogP contribution in [0.25, 0.3) is 0 Å². The molecular formula is C17H28N2O2. The minimum Gasteiger partial charge on any atom is -0.481 e. The molecule has 0 saturated heterocycles. The summed E-state index contributed by atoms with van der Waals surface area (Å²) in [6.45, 7) is 9.66. The van der Waals surface area contributed by atoms with Crippen molar-refractivity contribution in [1.29, 1.82) is 0 Å². The molecule has 0 bridgehead atoms. The lowest BCUT2D eigenvalue weighted by molar-refractivity contribution is -0.127. The Hall–Kier alpha value is -1.55. The average Bonchev–Trinajstić information content (AvgIpc) is 2.46. The van der Waals surface area contributed by atoms with E-state index in [9.17, 15) is 4.79 Å². The molecule has 1 atom stereocenters. The minimum absolute atomic E-state index is 0.0611. The first kappa shape index (κ1) is 17.5. The Bertz CT molecular complexity index is 415. The van der Waals surface area contributed by atoms with Crippen LogP contribution in [-0.2, 0) is 11.3 Å². The summed E-state index contributed by atoms with van der Waals surface area (Å²) in [5, 5.41) is 6.24. The van der Waals surface area contributed by atoms with Crippen LogP contribution in [0.1, 0.15) is 46.1 Å². The molecule has 4 heteroatoms. The highest BCUT2D eigenvalue weighted by atomic mass is 16.5.